The van der Waals surface area contributed by atoms with E-state index in [0.717, 1.165) is 24.8 Å². The summed E-state index contributed by atoms with van der Waals surface area (Å²) in [5.74, 6) is 0.179. The van der Waals surface area contributed by atoms with E-state index >= 15 is 0 Å². The highest BCUT2D eigenvalue weighted by Crippen LogP contribution is 2.48. The number of hydrogen-bond acceptors (Lipinski definition) is 4. The van der Waals surface area contributed by atoms with Crippen molar-refractivity contribution >= 4 is 18.0 Å². The topological polar surface area (TPSA) is 68.3 Å². The molecule has 1 aromatic heterocycles. The van der Waals surface area contributed by atoms with Gasteiger partial charge < -0.3 is 10.1 Å². The number of carbonyl (C=O) groups is 2. The molecule has 4 atom stereocenters. The Morgan fingerprint density at radius 3 is 2.91 bits per heavy atom. The van der Waals surface area contributed by atoms with E-state index < -0.39 is 0 Å². The van der Waals surface area contributed by atoms with E-state index in [1.54, 1.807) is 18.5 Å². The van der Waals surface area contributed by atoms with Crippen LogP contribution in [0.1, 0.15) is 24.8 Å². The van der Waals surface area contributed by atoms with Gasteiger partial charge in [-0.05, 0) is 48.8 Å². The quantitative estimate of drug-likeness (QED) is 0.680. The van der Waals surface area contributed by atoms with Crippen molar-refractivity contribution in [3.8, 4) is 0 Å². The number of esters is 1. The van der Waals surface area contributed by atoms with E-state index in [9.17, 15) is 9.59 Å². The van der Waals surface area contributed by atoms with Crippen LogP contribution >= 0.6 is 0 Å². The highest BCUT2D eigenvalue weighted by atomic mass is 16.5. The van der Waals surface area contributed by atoms with E-state index in [1.807, 2.05) is 12.1 Å². The minimum Gasteiger partial charge on any atom is -0.469 e. The Balaban J connectivity index is 1.65. The summed E-state index contributed by atoms with van der Waals surface area (Å²) in [6, 6.07) is 3.60. The van der Waals surface area contributed by atoms with Crippen LogP contribution in [-0.4, -0.2) is 30.0 Å². The van der Waals surface area contributed by atoms with Crippen molar-refractivity contribution in [1.82, 2.24) is 10.3 Å². The number of ether oxygens (including phenoxy) is 1. The van der Waals surface area contributed by atoms with Gasteiger partial charge in [0, 0.05) is 24.5 Å². The predicted octanol–water partition coefficient (Wildman–Crippen LogP) is 1.80. The number of aromatic nitrogens is 1. The van der Waals surface area contributed by atoms with Gasteiger partial charge in [-0.15, -0.1) is 0 Å². The van der Waals surface area contributed by atoms with Crippen LogP contribution in [0.5, 0.6) is 0 Å². The maximum absolute atomic E-state index is 12.1. The molecule has 0 aliphatic heterocycles. The summed E-state index contributed by atoms with van der Waals surface area (Å²) >= 11 is 0. The number of rotatable bonds is 4. The molecule has 2 bridgehead atoms. The molecule has 2 aliphatic rings. The molecule has 0 saturated heterocycles. The summed E-state index contributed by atoms with van der Waals surface area (Å²) in [5.41, 5.74) is 0.870. The summed E-state index contributed by atoms with van der Waals surface area (Å²) in [5, 5.41) is 3.00. The van der Waals surface area contributed by atoms with Crippen LogP contribution in [0, 0.1) is 17.8 Å². The third-order valence-electron chi connectivity index (χ3n) is 4.81. The molecular formula is C17H20N2O3. The molecule has 1 heterocycles. The van der Waals surface area contributed by atoms with Crippen molar-refractivity contribution in [3.63, 3.8) is 0 Å². The second-order valence-electron chi connectivity index (χ2n) is 6.04. The molecular weight excluding hydrogens is 280 g/mol. The maximum Gasteiger partial charge on any atom is 0.311 e. The minimum atomic E-state index is -0.200. The van der Waals surface area contributed by atoms with E-state index in [4.69, 9.17) is 4.74 Å². The van der Waals surface area contributed by atoms with Gasteiger partial charge in [-0.2, -0.15) is 0 Å². The smallest absolute Gasteiger partial charge is 0.311 e. The highest BCUT2D eigenvalue weighted by molar-refractivity contribution is 5.92. The van der Waals surface area contributed by atoms with Gasteiger partial charge in [0.1, 0.15) is 0 Å². The first-order valence-electron chi connectivity index (χ1n) is 7.65. The van der Waals surface area contributed by atoms with Gasteiger partial charge in [-0.3, -0.25) is 14.6 Å². The summed E-state index contributed by atoms with van der Waals surface area (Å²) in [4.78, 5) is 28.1. The zero-order chi connectivity index (χ0) is 15.5. The van der Waals surface area contributed by atoms with E-state index in [0.29, 0.717) is 11.8 Å². The maximum atomic E-state index is 12.1. The molecule has 1 amide bonds. The Labute approximate surface area is 129 Å². The number of fused-ring (bicyclic) bond motifs is 2. The lowest BCUT2D eigenvalue weighted by Crippen LogP contribution is -2.46. The number of nitrogens with zero attached hydrogens (tertiary/aromatic N) is 1. The lowest BCUT2D eigenvalue weighted by Gasteiger charge is -2.29. The van der Waals surface area contributed by atoms with Gasteiger partial charge >= 0.3 is 5.97 Å². The van der Waals surface area contributed by atoms with Gasteiger partial charge in [0.05, 0.1) is 13.0 Å². The van der Waals surface area contributed by atoms with Gasteiger partial charge in [0.2, 0.25) is 5.91 Å². The van der Waals surface area contributed by atoms with Crippen LogP contribution in [0.25, 0.3) is 6.08 Å². The van der Waals surface area contributed by atoms with Gasteiger partial charge in [-0.1, -0.05) is 6.07 Å². The second kappa shape index (κ2) is 6.30. The first-order valence-corrected chi connectivity index (χ1v) is 7.65. The van der Waals surface area contributed by atoms with E-state index in [1.165, 1.54) is 13.2 Å². The van der Waals surface area contributed by atoms with Gasteiger partial charge in [-0.25, -0.2) is 0 Å². The van der Waals surface area contributed by atoms with Crippen LogP contribution in [-0.2, 0) is 14.3 Å². The van der Waals surface area contributed by atoms with Crippen LogP contribution in [0.4, 0.5) is 0 Å². The SMILES string of the molecule is COC(=O)C1C2CCC(C2)C1NC(=O)/C=C/c1cccnc1. The molecule has 1 N–H and O–H groups in total. The van der Waals surface area contributed by atoms with E-state index in [-0.39, 0.29) is 23.8 Å². The number of carbonyl (C=O) groups excluding carboxylic acids is 2. The molecule has 0 aromatic carbocycles. The van der Waals surface area contributed by atoms with Crippen LogP contribution in [0.3, 0.4) is 0 Å². The molecule has 1 aromatic rings. The Bertz CT molecular complexity index is 585. The first kappa shape index (κ1) is 14.8. The average molecular weight is 300 g/mol. The molecule has 4 unspecified atom stereocenters. The molecule has 2 saturated carbocycles. The molecule has 0 spiro atoms. The molecule has 5 nitrogen and oxygen atoms in total. The Hall–Kier alpha value is -2.17. The van der Waals surface area contributed by atoms with Crippen molar-refractivity contribution in [1.29, 1.82) is 0 Å². The summed E-state index contributed by atoms with van der Waals surface area (Å²) in [6.45, 7) is 0. The molecule has 0 radical (unpaired) electrons. The lowest BCUT2D eigenvalue weighted by atomic mass is 9.84. The number of hydrogen-bond donors (Lipinski definition) is 1. The van der Waals surface area contributed by atoms with Crippen molar-refractivity contribution in [2.24, 2.45) is 17.8 Å². The van der Waals surface area contributed by atoms with Crippen molar-refractivity contribution < 1.29 is 14.3 Å². The molecule has 22 heavy (non-hydrogen) atoms. The van der Waals surface area contributed by atoms with Crippen LogP contribution < -0.4 is 5.32 Å². The Morgan fingerprint density at radius 1 is 1.36 bits per heavy atom. The molecule has 116 valence electrons. The fourth-order valence-corrected chi connectivity index (χ4v) is 3.83. The number of pyridine rings is 1. The number of amides is 1. The minimum absolute atomic E-state index is 0.0998. The second-order valence-corrected chi connectivity index (χ2v) is 6.04. The van der Waals surface area contributed by atoms with Crippen molar-refractivity contribution in [3.05, 3.63) is 36.2 Å². The molecule has 2 fully saturated rings. The van der Waals surface area contributed by atoms with Gasteiger partial charge in [0.15, 0.2) is 0 Å². The third-order valence-corrected chi connectivity index (χ3v) is 4.81. The largest absolute Gasteiger partial charge is 0.469 e. The van der Waals surface area contributed by atoms with Crippen molar-refractivity contribution in [2.45, 2.75) is 25.3 Å². The van der Waals surface area contributed by atoms with Crippen LogP contribution in [0.15, 0.2) is 30.6 Å². The monoisotopic (exact) mass is 300 g/mol. The standard InChI is InChI=1S/C17H20N2O3/c1-22-17(21)15-12-5-6-13(9-12)16(15)19-14(20)7-4-11-3-2-8-18-10-11/h2-4,7-8,10,12-13,15-16H,5-6,9H2,1H3,(H,19,20)/b7-4+. The third kappa shape index (κ3) is 2.89. The summed E-state index contributed by atoms with van der Waals surface area (Å²) in [6.07, 6.45) is 9.75. The normalized spacial score (nSPS) is 29.7. The van der Waals surface area contributed by atoms with Crippen molar-refractivity contribution in [2.75, 3.05) is 7.11 Å². The van der Waals surface area contributed by atoms with E-state index in [2.05, 4.69) is 10.3 Å². The fraction of sp³-hybridized carbons (Fsp3) is 0.471. The average Bonchev–Trinajstić information content (AvgIpc) is 3.14. The molecule has 3 rings (SSSR count). The first-order chi connectivity index (χ1) is 10.7. The summed E-state index contributed by atoms with van der Waals surface area (Å²) in [7, 11) is 1.41. The molecule has 2 aliphatic carbocycles. The lowest BCUT2D eigenvalue weighted by molar-refractivity contribution is -0.148. The number of nitrogens with one attached hydrogen (secondary N) is 1. The zero-order valence-electron chi connectivity index (χ0n) is 12.6. The summed E-state index contributed by atoms with van der Waals surface area (Å²) < 4.78 is 4.91. The highest BCUT2D eigenvalue weighted by Gasteiger charge is 2.51. The number of methoxy groups -OCH3 is 1. The Kier molecular flexibility index (Phi) is 4.22. The van der Waals surface area contributed by atoms with Gasteiger partial charge in [0.25, 0.3) is 0 Å². The van der Waals surface area contributed by atoms with Crippen LogP contribution in [0.2, 0.25) is 0 Å². The zero-order valence-corrected chi connectivity index (χ0v) is 12.6. The fourth-order valence-electron chi connectivity index (χ4n) is 3.83. The molecule has 5 heteroatoms. The Morgan fingerprint density at radius 2 is 2.18 bits per heavy atom. The predicted molar refractivity (Wildman–Crippen MR) is 81.5 cm³/mol.